The van der Waals surface area contributed by atoms with Gasteiger partial charge >= 0.3 is 0 Å². The molecule has 1 aromatic carbocycles. The molecule has 27 heavy (non-hydrogen) atoms. The van der Waals surface area contributed by atoms with E-state index in [2.05, 4.69) is 10.1 Å². The minimum absolute atomic E-state index is 0.0388. The van der Waals surface area contributed by atoms with Crippen molar-refractivity contribution in [3.8, 4) is 5.75 Å². The topological polar surface area (TPSA) is 76.8 Å². The van der Waals surface area contributed by atoms with E-state index in [1.165, 1.54) is 11.3 Å². The SMILES string of the molecule is CCN(CC)C(=O)Cc1csc2nc(=O)c(Cc3ccc(OC)cc3)nn12. The van der Waals surface area contributed by atoms with Crippen LogP contribution < -0.4 is 10.3 Å². The first kappa shape index (κ1) is 19.0. The standard InChI is InChI=1S/C19H22N4O3S/c1-4-22(5-2)17(24)11-14-12-27-19-20-18(25)16(21-23(14)19)10-13-6-8-15(26-3)9-7-13/h6-9,12H,4-5,10-11H2,1-3H3. The summed E-state index contributed by atoms with van der Waals surface area (Å²) in [7, 11) is 1.61. The van der Waals surface area contributed by atoms with Crippen LogP contribution in [-0.2, 0) is 17.6 Å². The first-order chi connectivity index (χ1) is 13.0. The van der Waals surface area contributed by atoms with Crippen molar-refractivity contribution in [2.45, 2.75) is 26.7 Å². The van der Waals surface area contributed by atoms with Gasteiger partial charge in [0.1, 0.15) is 11.4 Å². The van der Waals surface area contributed by atoms with Crippen LogP contribution in [0.5, 0.6) is 5.75 Å². The van der Waals surface area contributed by atoms with E-state index in [0.29, 0.717) is 30.2 Å². The predicted octanol–water partition coefficient (Wildman–Crippen LogP) is 2.16. The Morgan fingerprint density at radius 3 is 2.56 bits per heavy atom. The highest BCUT2D eigenvalue weighted by Gasteiger charge is 2.16. The lowest BCUT2D eigenvalue weighted by Crippen LogP contribution is -2.32. The van der Waals surface area contributed by atoms with Crippen LogP contribution in [0.1, 0.15) is 30.8 Å². The van der Waals surface area contributed by atoms with Crippen LogP contribution in [0.25, 0.3) is 4.96 Å². The largest absolute Gasteiger partial charge is 0.497 e. The van der Waals surface area contributed by atoms with E-state index < -0.39 is 0 Å². The molecule has 8 heteroatoms. The molecule has 0 atom stereocenters. The number of carbonyl (C=O) groups is 1. The van der Waals surface area contributed by atoms with Gasteiger partial charge in [0.15, 0.2) is 0 Å². The summed E-state index contributed by atoms with van der Waals surface area (Å²) in [5.74, 6) is 0.795. The lowest BCUT2D eigenvalue weighted by atomic mass is 10.1. The highest BCUT2D eigenvalue weighted by atomic mass is 32.1. The van der Waals surface area contributed by atoms with Gasteiger partial charge in [-0.1, -0.05) is 12.1 Å². The zero-order chi connectivity index (χ0) is 19.4. The van der Waals surface area contributed by atoms with Crippen molar-refractivity contribution < 1.29 is 9.53 Å². The lowest BCUT2D eigenvalue weighted by molar-refractivity contribution is -0.130. The zero-order valence-corrected chi connectivity index (χ0v) is 16.5. The van der Waals surface area contributed by atoms with Crippen LogP contribution in [0.2, 0.25) is 0 Å². The third-order valence-electron chi connectivity index (χ3n) is 4.40. The maximum Gasteiger partial charge on any atom is 0.296 e. The van der Waals surface area contributed by atoms with Crippen LogP contribution in [0.3, 0.4) is 0 Å². The maximum absolute atomic E-state index is 12.4. The van der Waals surface area contributed by atoms with Crippen molar-refractivity contribution in [2.24, 2.45) is 0 Å². The van der Waals surface area contributed by atoms with Gasteiger partial charge in [-0.2, -0.15) is 10.1 Å². The molecule has 3 rings (SSSR count). The molecule has 0 spiro atoms. The van der Waals surface area contributed by atoms with Crippen LogP contribution in [0.4, 0.5) is 0 Å². The molecule has 0 N–H and O–H groups in total. The summed E-state index contributed by atoms with van der Waals surface area (Å²) in [6.07, 6.45) is 0.610. The highest BCUT2D eigenvalue weighted by molar-refractivity contribution is 7.15. The number of rotatable bonds is 7. The fraction of sp³-hybridized carbons (Fsp3) is 0.368. The minimum atomic E-state index is -0.339. The second-order valence-electron chi connectivity index (χ2n) is 6.05. The fourth-order valence-electron chi connectivity index (χ4n) is 2.85. The maximum atomic E-state index is 12.4. The Labute approximate surface area is 161 Å². The summed E-state index contributed by atoms with van der Waals surface area (Å²) >= 11 is 1.32. The zero-order valence-electron chi connectivity index (χ0n) is 15.6. The van der Waals surface area contributed by atoms with Crippen molar-refractivity contribution in [1.29, 1.82) is 0 Å². The lowest BCUT2D eigenvalue weighted by Gasteiger charge is -2.18. The molecule has 3 aromatic rings. The Morgan fingerprint density at radius 1 is 1.22 bits per heavy atom. The summed E-state index contributed by atoms with van der Waals surface area (Å²) < 4.78 is 6.77. The van der Waals surface area contributed by atoms with Crippen LogP contribution in [-0.4, -0.2) is 45.6 Å². The number of thiazole rings is 1. The number of likely N-dealkylation sites (N-methyl/N-ethyl adjacent to an activating group) is 1. The fourth-order valence-corrected chi connectivity index (χ4v) is 3.66. The Bertz CT molecular complexity index is 990. The molecular weight excluding hydrogens is 364 g/mol. The molecule has 0 aliphatic carbocycles. The average molecular weight is 386 g/mol. The average Bonchev–Trinajstić information content (AvgIpc) is 3.05. The number of benzene rings is 1. The van der Waals surface area contributed by atoms with E-state index in [1.54, 1.807) is 16.5 Å². The van der Waals surface area contributed by atoms with Gasteiger partial charge in [0.05, 0.1) is 19.2 Å². The molecule has 0 saturated heterocycles. The Morgan fingerprint density at radius 2 is 1.93 bits per heavy atom. The number of aromatic nitrogens is 3. The molecule has 2 aromatic heterocycles. The first-order valence-electron chi connectivity index (χ1n) is 8.82. The number of ether oxygens (including phenoxy) is 1. The van der Waals surface area contributed by atoms with E-state index in [9.17, 15) is 9.59 Å². The summed E-state index contributed by atoms with van der Waals surface area (Å²) in [6.45, 7) is 5.25. The van der Waals surface area contributed by atoms with Gasteiger partial charge in [0.25, 0.3) is 5.56 Å². The van der Waals surface area contributed by atoms with Gasteiger partial charge in [-0.25, -0.2) is 4.52 Å². The number of hydrogen-bond acceptors (Lipinski definition) is 6. The van der Waals surface area contributed by atoms with Gasteiger partial charge in [-0.05, 0) is 31.5 Å². The van der Waals surface area contributed by atoms with Gasteiger partial charge in [0, 0.05) is 24.9 Å². The molecule has 0 radical (unpaired) electrons. The minimum Gasteiger partial charge on any atom is -0.497 e. The molecule has 0 bridgehead atoms. The van der Waals surface area contributed by atoms with E-state index in [1.807, 2.05) is 43.5 Å². The molecule has 0 aliphatic heterocycles. The number of hydrogen-bond donors (Lipinski definition) is 0. The third-order valence-corrected chi connectivity index (χ3v) is 5.26. The van der Waals surface area contributed by atoms with Crippen molar-refractivity contribution in [1.82, 2.24) is 19.5 Å². The number of carbonyl (C=O) groups excluding carboxylic acids is 1. The Balaban J connectivity index is 1.89. The quantitative estimate of drug-likeness (QED) is 0.622. The van der Waals surface area contributed by atoms with Crippen molar-refractivity contribution in [3.63, 3.8) is 0 Å². The van der Waals surface area contributed by atoms with E-state index in [0.717, 1.165) is 17.0 Å². The number of methoxy groups -OCH3 is 1. The van der Waals surface area contributed by atoms with Crippen molar-refractivity contribution in [3.05, 3.63) is 57.0 Å². The second-order valence-corrected chi connectivity index (χ2v) is 6.89. The van der Waals surface area contributed by atoms with E-state index in [4.69, 9.17) is 4.74 Å². The molecule has 1 amide bonds. The summed E-state index contributed by atoms with van der Waals surface area (Å²) in [5, 5.41) is 6.33. The number of nitrogens with zero attached hydrogens (tertiary/aromatic N) is 4. The third kappa shape index (κ3) is 4.16. The molecule has 7 nitrogen and oxygen atoms in total. The molecule has 0 unspecified atom stereocenters. The van der Waals surface area contributed by atoms with Gasteiger partial charge in [-0.15, -0.1) is 11.3 Å². The van der Waals surface area contributed by atoms with Gasteiger partial charge in [0.2, 0.25) is 10.9 Å². The van der Waals surface area contributed by atoms with Crippen molar-refractivity contribution in [2.75, 3.05) is 20.2 Å². The van der Waals surface area contributed by atoms with E-state index >= 15 is 0 Å². The van der Waals surface area contributed by atoms with Crippen molar-refractivity contribution >= 4 is 22.2 Å². The predicted molar refractivity (Wildman–Crippen MR) is 105 cm³/mol. The van der Waals surface area contributed by atoms with Gasteiger partial charge < -0.3 is 9.64 Å². The molecule has 0 fully saturated rings. The molecule has 0 saturated carbocycles. The Kier molecular flexibility index (Phi) is 5.85. The molecule has 2 heterocycles. The van der Waals surface area contributed by atoms with E-state index in [-0.39, 0.29) is 17.9 Å². The second kappa shape index (κ2) is 8.30. The summed E-state index contributed by atoms with van der Waals surface area (Å²) in [6, 6.07) is 7.48. The smallest absolute Gasteiger partial charge is 0.296 e. The Hall–Kier alpha value is -2.74. The van der Waals surface area contributed by atoms with Gasteiger partial charge in [-0.3, -0.25) is 9.59 Å². The first-order valence-corrected chi connectivity index (χ1v) is 9.70. The number of amides is 1. The summed E-state index contributed by atoms with van der Waals surface area (Å²) in [4.78, 5) is 31.1. The normalized spacial score (nSPS) is 10.9. The highest BCUT2D eigenvalue weighted by Crippen LogP contribution is 2.16. The monoisotopic (exact) mass is 386 g/mol. The molecule has 0 aliphatic rings. The number of fused-ring (bicyclic) bond motifs is 1. The molecule has 142 valence electrons. The summed E-state index contributed by atoms with van der Waals surface area (Å²) in [5.41, 5.74) is 1.70. The van der Waals surface area contributed by atoms with Crippen LogP contribution in [0.15, 0.2) is 34.4 Å². The van der Waals surface area contributed by atoms with Crippen LogP contribution in [0, 0.1) is 0 Å². The van der Waals surface area contributed by atoms with Crippen LogP contribution >= 0.6 is 11.3 Å². The molecular formula is C19H22N4O3S.